The minimum atomic E-state index is -1.10. The number of carboxylic acid groups (broad SMARTS) is 1. The molecule has 7 nitrogen and oxygen atoms in total. The van der Waals surface area contributed by atoms with Crippen LogP contribution in [0.25, 0.3) is 10.8 Å². The lowest BCUT2D eigenvalue weighted by Gasteiger charge is -2.22. The highest BCUT2D eigenvalue weighted by atomic mass is 16.4. The minimum absolute atomic E-state index is 0.0818. The molecule has 4 rings (SSSR count). The SMILES string of the molecule is O=C(O)CNC(=O)c1ccc(NC(=O)CCN(Cc2cccc3ccccc23)C2CC2)cc1. The molecule has 0 spiro atoms. The fraction of sp³-hybridized carbons (Fsp3) is 0.269. The maximum Gasteiger partial charge on any atom is 0.322 e. The van der Waals surface area contributed by atoms with Crippen LogP contribution in [0.4, 0.5) is 5.69 Å². The summed E-state index contributed by atoms with van der Waals surface area (Å²) in [7, 11) is 0. The number of hydrogen-bond acceptors (Lipinski definition) is 4. The van der Waals surface area contributed by atoms with Crippen LogP contribution < -0.4 is 10.6 Å². The fourth-order valence-corrected chi connectivity index (χ4v) is 3.91. The molecular formula is C26H27N3O4. The Kier molecular flexibility index (Phi) is 7.00. The van der Waals surface area contributed by atoms with E-state index in [0.717, 1.165) is 19.4 Å². The van der Waals surface area contributed by atoms with Crippen molar-refractivity contribution in [1.82, 2.24) is 10.2 Å². The Morgan fingerprint density at radius 1 is 0.939 bits per heavy atom. The zero-order valence-electron chi connectivity index (χ0n) is 18.3. The van der Waals surface area contributed by atoms with E-state index in [2.05, 4.69) is 51.9 Å². The number of fused-ring (bicyclic) bond motifs is 1. The highest BCUT2D eigenvalue weighted by Crippen LogP contribution is 2.30. The standard InChI is InChI=1S/C26H27N3O4/c30-24(28-21-10-8-19(9-11-21)26(33)27-16-25(31)32)14-15-29(22-12-13-22)17-20-6-3-5-18-4-1-2-7-23(18)20/h1-11,22H,12-17H2,(H,27,33)(H,28,30)(H,31,32). The number of rotatable bonds is 10. The number of nitrogens with zero attached hydrogens (tertiary/aromatic N) is 1. The topological polar surface area (TPSA) is 98.7 Å². The van der Waals surface area contributed by atoms with Crippen LogP contribution in [0.5, 0.6) is 0 Å². The van der Waals surface area contributed by atoms with Crippen molar-refractivity contribution < 1.29 is 19.5 Å². The number of benzene rings is 3. The Bertz CT molecular complexity index is 1150. The number of aliphatic carboxylic acids is 1. The van der Waals surface area contributed by atoms with E-state index in [9.17, 15) is 14.4 Å². The van der Waals surface area contributed by atoms with Gasteiger partial charge in [-0.15, -0.1) is 0 Å². The lowest BCUT2D eigenvalue weighted by atomic mass is 10.0. The molecule has 2 amide bonds. The second kappa shape index (κ2) is 10.3. The quantitative estimate of drug-likeness (QED) is 0.443. The van der Waals surface area contributed by atoms with E-state index in [-0.39, 0.29) is 5.91 Å². The zero-order chi connectivity index (χ0) is 23.2. The zero-order valence-corrected chi connectivity index (χ0v) is 18.3. The van der Waals surface area contributed by atoms with Crippen molar-refractivity contribution >= 4 is 34.2 Å². The maximum atomic E-state index is 12.5. The summed E-state index contributed by atoms with van der Waals surface area (Å²) in [5.74, 6) is -1.65. The summed E-state index contributed by atoms with van der Waals surface area (Å²) in [5, 5.41) is 16.3. The molecule has 1 aliphatic carbocycles. The van der Waals surface area contributed by atoms with Crippen molar-refractivity contribution in [3.63, 3.8) is 0 Å². The third kappa shape index (κ3) is 6.17. The predicted octanol–water partition coefficient (Wildman–Crippen LogP) is 3.65. The molecule has 0 heterocycles. The van der Waals surface area contributed by atoms with E-state index in [0.29, 0.717) is 30.3 Å². The Labute approximate surface area is 192 Å². The molecule has 170 valence electrons. The molecule has 1 fully saturated rings. The summed E-state index contributed by atoms with van der Waals surface area (Å²) in [6.07, 6.45) is 2.71. The molecule has 0 unspecified atom stereocenters. The van der Waals surface area contributed by atoms with Crippen molar-refractivity contribution in [3.8, 4) is 0 Å². The van der Waals surface area contributed by atoms with Gasteiger partial charge < -0.3 is 15.7 Å². The summed E-state index contributed by atoms with van der Waals surface area (Å²) in [6.45, 7) is 1.06. The number of hydrogen-bond donors (Lipinski definition) is 3. The Morgan fingerprint density at radius 3 is 2.39 bits per heavy atom. The Morgan fingerprint density at radius 2 is 1.67 bits per heavy atom. The summed E-state index contributed by atoms with van der Waals surface area (Å²) in [6, 6.07) is 21.7. The van der Waals surface area contributed by atoms with Gasteiger partial charge in [0, 0.05) is 36.8 Å². The smallest absolute Gasteiger partial charge is 0.322 e. The number of carbonyl (C=O) groups excluding carboxylic acids is 2. The van der Waals surface area contributed by atoms with Crippen molar-refractivity contribution in [2.24, 2.45) is 0 Å². The van der Waals surface area contributed by atoms with E-state index in [1.165, 1.54) is 16.3 Å². The van der Waals surface area contributed by atoms with E-state index in [4.69, 9.17) is 5.11 Å². The Hall–Kier alpha value is -3.71. The molecule has 0 atom stereocenters. The first-order chi connectivity index (χ1) is 16.0. The van der Waals surface area contributed by atoms with Gasteiger partial charge in [0.25, 0.3) is 5.91 Å². The van der Waals surface area contributed by atoms with Crippen LogP contribution in [0.3, 0.4) is 0 Å². The van der Waals surface area contributed by atoms with Crippen LogP contribution in [0.2, 0.25) is 0 Å². The van der Waals surface area contributed by atoms with Gasteiger partial charge >= 0.3 is 5.97 Å². The van der Waals surface area contributed by atoms with Gasteiger partial charge in [0.1, 0.15) is 6.54 Å². The first kappa shape index (κ1) is 22.5. The van der Waals surface area contributed by atoms with Crippen LogP contribution in [0.1, 0.15) is 35.2 Å². The van der Waals surface area contributed by atoms with Gasteiger partial charge in [-0.25, -0.2) is 0 Å². The molecule has 0 radical (unpaired) electrons. The van der Waals surface area contributed by atoms with Gasteiger partial charge in [0.15, 0.2) is 0 Å². The first-order valence-corrected chi connectivity index (χ1v) is 11.1. The Balaban J connectivity index is 1.31. The summed E-state index contributed by atoms with van der Waals surface area (Å²) in [4.78, 5) is 37.4. The molecule has 0 aromatic heterocycles. The van der Waals surface area contributed by atoms with Gasteiger partial charge in [0.05, 0.1) is 0 Å². The molecule has 1 aliphatic rings. The molecule has 7 heteroatoms. The third-order valence-electron chi connectivity index (χ3n) is 5.77. The van der Waals surface area contributed by atoms with E-state index >= 15 is 0 Å². The summed E-state index contributed by atoms with van der Waals surface area (Å²) in [5.41, 5.74) is 2.21. The number of amides is 2. The van der Waals surface area contributed by atoms with E-state index in [1.54, 1.807) is 24.3 Å². The molecule has 0 saturated heterocycles. The highest BCUT2D eigenvalue weighted by Gasteiger charge is 2.29. The fourth-order valence-electron chi connectivity index (χ4n) is 3.91. The second-order valence-corrected chi connectivity index (χ2v) is 8.29. The molecule has 1 saturated carbocycles. The van der Waals surface area contributed by atoms with Crippen LogP contribution in [-0.2, 0) is 16.1 Å². The van der Waals surface area contributed by atoms with E-state index in [1.807, 2.05) is 6.07 Å². The first-order valence-electron chi connectivity index (χ1n) is 11.1. The van der Waals surface area contributed by atoms with Gasteiger partial charge in [-0.2, -0.15) is 0 Å². The molecule has 3 aromatic rings. The number of nitrogens with one attached hydrogen (secondary N) is 2. The van der Waals surface area contributed by atoms with Crippen molar-refractivity contribution in [3.05, 3.63) is 77.9 Å². The maximum absolute atomic E-state index is 12.5. The molecular weight excluding hydrogens is 418 g/mol. The number of carbonyl (C=O) groups is 3. The van der Waals surface area contributed by atoms with Gasteiger partial charge in [-0.3, -0.25) is 19.3 Å². The van der Waals surface area contributed by atoms with E-state index < -0.39 is 18.4 Å². The lowest BCUT2D eigenvalue weighted by molar-refractivity contribution is -0.135. The lowest BCUT2D eigenvalue weighted by Crippen LogP contribution is -2.30. The largest absolute Gasteiger partial charge is 0.480 e. The minimum Gasteiger partial charge on any atom is -0.480 e. The molecule has 0 aliphatic heterocycles. The van der Waals surface area contributed by atoms with Gasteiger partial charge in [0.2, 0.25) is 5.91 Å². The number of anilines is 1. The normalized spacial score (nSPS) is 13.1. The average molecular weight is 446 g/mol. The van der Waals surface area contributed by atoms with Crippen LogP contribution in [0.15, 0.2) is 66.7 Å². The average Bonchev–Trinajstić information content (AvgIpc) is 3.66. The van der Waals surface area contributed by atoms with Gasteiger partial charge in [-0.05, 0) is 53.4 Å². The predicted molar refractivity (Wildman–Crippen MR) is 127 cm³/mol. The van der Waals surface area contributed by atoms with Crippen molar-refractivity contribution in [2.75, 3.05) is 18.4 Å². The molecule has 33 heavy (non-hydrogen) atoms. The summed E-state index contributed by atoms with van der Waals surface area (Å²) >= 11 is 0. The summed E-state index contributed by atoms with van der Waals surface area (Å²) < 4.78 is 0. The van der Waals surface area contributed by atoms with Crippen LogP contribution in [0, 0.1) is 0 Å². The van der Waals surface area contributed by atoms with Gasteiger partial charge in [-0.1, -0.05) is 42.5 Å². The molecule has 3 aromatic carbocycles. The van der Waals surface area contributed by atoms with Crippen molar-refractivity contribution in [2.45, 2.75) is 31.8 Å². The number of carboxylic acids is 1. The molecule has 0 bridgehead atoms. The highest BCUT2D eigenvalue weighted by molar-refractivity contribution is 5.97. The van der Waals surface area contributed by atoms with Crippen molar-refractivity contribution in [1.29, 1.82) is 0 Å². The second-order valence-electron chi connectivity index (χ2n) is 8.29. The molecule has 3 N–H and O–H groups in total. The third-order valence-corrected chi connectivity index (χ3v) is 5.77. The monoisotopic (exact) mass is 445 g/mol. The van der Waals surface area contributed by atoms with Crippen LogP contribution in [-0.4, -0.2) is 46.9 Å². The van der Waals surface area contributed by atoms with Crippen LogP contribution >= 0.6 is 0 Å².